The van der Waals surface area contributed by atoms with E-state index in [9.17, 15) is 18.0 Å². The second-order valence-electron chi connectivity index (χ2n) is 7.46. The molecule has 0 saturated carbocycles. The number of hydrogen-bond acceptors (Lipinski definition) is 2. The average molecular weight is 374 g/mol. The number of carbonyl (C=O) groups is 1. The first-order valence-electron chi connectivity index (χ1n) is 9.21. The van der Waals surface area contributed by atoms with Crippen LogP contribution in [-0.4, -0.2) is 34.8 Å². The van der Waals surface area contributed by atoms with Crippen molar-refractivity contribution in [1.29, 1.82) is 0 Å². The van der Waals surface area contributed by atoms with Crippen LogP contribution in [0.15, 0.2) is 42.5 Å². The molecule has 2 aromatic rings. The molecule has 0 unspecified atom stereocenters. The van der Waals surface area contributed by atoms with Gasteiger partial charge in [-0.2, -0.15) is 0 Å². The summed E-state index contributed by atoms with van der Waals surface area (Å²) in [6, 6.07) is 9.53. The van der Waals surface area contributed by atoms with Gasteiger partial charge < -0.3 is 4.90 Å². The molecule has 0 N–H and O–H groups in total. The molecule has 0 aromatic heterocycles. The zero-order valence-electron chi connectivity index (χ0n) is 14.9. The number of hydrogen-bond donors (Lipinski definition) is 0. The van der Waals surface area contributed by atoms with Crippen molar-refractivity contribution < 1.29 is 18.0 Å². The van der Waals surface area contributed by atoms with Crippen molar-refractivity contribution in [3.63, 3.8) is 0 Å². The van der Waals surface area contributed by atoms with Gasteiger partial charge in [-0.3, -0.25) is 9.69 Å². The van der Waals surface area contributed by atoms with Crippen LogP contribution in [0, 0.1) is 23.4 Å². The molecule has 2 aliphatic heterocycles. The Morgan fingerprint density at radius 1 is 1.00 bits per heavy atom. The molecule has 0 aliphatic carbocycles. The van der Waals surface area contributed by atoms with Gasteiger partial charge in [-0.15, -0.1) is 0 Å². The van der Waals surface area contributed by atoms with E-state index < -0.39 is 11.6 Å². The minimum atomic E-state index is -0.607. The van der Waals surface area contributed by atoms with Crippen LogP contribution >= 0.6 is 0 Å². The summed E-state index contributed by atoms with van der Waals surface area (Å²) in [6.45, 7) is 2.04. The fraction of sp³-hybridized carbons (Fsp3) is 0.381. The van der Waals surface area contributed by atoms with E-state index in [4.69, 9.17) is 0 Å². The van der Waals surface area contributed by atoms with Gasteiger partial charge in [0.15, 0.2) is 0 Å². The summed E-state index contributed by atoms with van der Waals surface area (Å²) in [4.78, 5) is 16.8. The highest BCUT2D eigenvalue weighted by atomic mass is 19.1. The molecule has 2 aliphatic rings. The first-order chi connectivity index (χ1) is 13.0. The summed E-state index contributed by atoms with van der Waals surface area (Å²) < 4.78 is 40.6. The van der Waals surface area contributed by atoms with E-state index in [1.165, 1.54) is 24.3 Å². The fourth-order valence-electron chi connectivity index (χ4n) is 4.18. The Morgan fingerprint density at radius 3 is 2.59 bits per heavy atom. The molecule has 142 valence electrons. The van der Waals surface area contributed by atoms with E-state index in [1.807, 2.05) is 11.0 Å². The Kier molecular flexibility index (Phi) is 4.91. The molecular weight excluding hydrogens is 353 g/mol. The summed E-state index contributed by atoms with van der Waals surface area (Å²) in [5.74, 6) is -1.11. The van der Waals surface area contributed by atoms with Gasteiger partial charge in [-0.1, -0.05) is 18.2 Å². The lowest BCUT2D eigenvalue weighted by molar-refractivity contribution is -0.146. The van der Waals surface area contributed by atoms with Gasteiger partial charge >= 0.3 is 0 Å². The van der Waals surface area contributed by atoms with E-state index in [-0.39, 0.29) is 24.3 Å². The van der Waals surface area contributed by atoms with Gasteiger partial charge in [-0.05, 0) is 49.1 Å². The summed E-state index contributed by atoms with van der Waals surface area (Å²) >= 11 is 0. The maximum Gasteiger partial charge on any atom is 0.240 e. The van der Waals surface area contributed by atoms with Crippen LogP contribution in [0.3, 0.4) is 0 Å². The van der Waals surface area contributed by atoms with E-state index in [0.29, 0.717) is 31.1 Å². The Bertz CT molecular complexity index is 857. The smallest absolute Gasteiger partial charge is 0.240 e. The minimum absolute atomic E-state index is 0.00210. The third-order valence-corrected chi connectivity index (χ3v) is 5.55. The van der Waals surface area contributed by atoms with Crippen molar-refractivity contribution >= 4 is 5.91 Å². The molecule has 3 nitrogen and oxygen atoms in total. The summed E-state index contributed by atoms with van der Waals surface area (Å²) in [6.07, 6.45) is 1.67. The van der Waals surface area contributed by atoms with Gasteiger partial charge in [0, 0.05) is 31.3 Å². The monoisotopic (exact) mass is 374 g/mol. The molecule has 4 rings (SSSR count). The Hall–Kier alpha value is -2.34. The number of amides is 1. The summed E-state index contributed by atoms with van der Waals surface area (Å²) in [5.41, 5.74) is 1.16. The molecule has 2 aromatic carbocycles. The zero-order valence-corrected chi connectivity index (χ0v) is 14.9. The van der Waals surface area contributed by atoms with Gasteiger partial charge in [0.2, 0.25) is 5.91 Å². The van der Waals surface area contributed by atoms with Crippen molar-refractivity contribution in [2.75, 3.05) is 13.1 Å². The Balaban J connectivity index is 1.50. The molecule has 2 atom stereocenters. The minimum Gasteiger partial charge on any atom is -0.337 e. The summed E-state index contributed by atoms with van der Waals surface area (Å²) in [5, 5.41) is 0. The Morgan fingerprint density at radius 2 is 1.81 bits per heavy atom. The van der Waals surface area contributed by atoms with Crippen molar-refractivity contribution in [3.8, 4) is 0 Å². The number of piperidine rings is 2. The van der Waals surface area contributed by atoms with Crippen LogP contribution in [0.25, 0.3) is 0 Å². The zero-order chi connectivity index (χ0) is 19.0. The molecule has 2 bridgehead atoms. The highest BCUT2D eigenvalue weighted by molar-refractivity contribution is 5.83. The maximum atomic E-state index is 14.0. The molecule has 2 heterocycles. The number of benzene rings is 2. The van der Waals surface area contributed by atoms with Crippen LogP contribution in [0.5, 0.6) is 0 Å². The van der Waals surface area contributed by atoms with Gasteiger partial charge in [-0.25, -0.2) is 13.2 Å². The topological polar surface area (TPSA) is 23.6 Å². The number of rotatable bonds is 4. The second-order valence-corrected chi connectivity index (χ2v) is 7.46. The van der Waals surface area contributed by atoms with E-state index >= 15 is 0 Å². The van der Waals surface area contributed by atoms with Crippen LogP contribution in [0.2, 0.25) is 0 Å². The van der Waals surface area contributed by atoms with Crippen molar-refractivity contribution in [1.82, 2.24) is 9.80 Å². The second kappa shape index (κ2) is 7.35. The first-order valence-corrected chi connectivity index (χ1v) is 9.21. The number of fused-ring (bicyclic) bond motifs is 2. The van der Waals surface area contributed by atoms with E-state index in [2.05, 4.69) is 0 Å². The third-order valence-electron chi connectivity index (χ3n) is 5.55. The van der Waals surface area contributed by atoms with Gasteiger partial charge in [0.05, 0.1) is 6.04 Å². The summed E-state index contributed by atoms with van der Waals surface area (Å²) in [7, 11) is 0. The molecule has 27 heavy (non-hydrogen) atoms. The quantitative estimate of drug-likeness (QED) is 0.814. The largest absolute Gasteiger partial charge is 0.337 e. The first kappa shape index (κ1) is 18.0. The fourth-order valence-corrected chi connectivity index (χ4v) is 4.18. The normalized spacial score (nSPS) is 22.9. The highest BCUT2D eigenvalue weighted by Crippen LogP contribution is 2.32. The lowest BCUT2D eigenvalue weighted by Gasteiger charge is -2.46. The number of carbonyl (C=O) groups excluding carboxylic acids is 1. The predicted octanol–water partition coefficient (Wildman–Crippen LogP) is 3.73. The van der Waals surface area contributed by atoms with Gasteiger partial charge in [0.25, 0.3) is 0 Å². The third kappa shape index (κ3) is 3.86. The SMILES string of the molecule is O=C1[C@H]2C[C@H](CCN2Cc2ccc(F)cc2F)CN1Cc1cccc(F)c1. The van der Waals surface area contributed by atoms with E-state index in [1.54, 1.807) is 11.0 Å². The van der Waals surface area contributed by atoms with E-state index in [0.717, 1.165) is 24.5 Å². The lowest BCUT2D eigenvalue weighted by atomic mass is 9.85. The molecule has 0 spiro atoms. The average Bonchev–Trinajstić information content (AvgIpc) is 2.63. The predicted molar refractivity (Wildman–Crippen MR) is 95.1 cm³/mol. The molecular formula is C21H21F3N2O. The molecule has 2 fully saturated rings. The highest BCUT2D eigenvalue weighted by Gasteiger charge is 2.41. The van der Waals surface area contributed by atoms with Crippen LogP contribution < -0.4 is 0 Å². The van der Waals surface area contributed by atoms with Crippen molar-refractivity contribution in [2.45, 2.75) is 32.0 Å². The standard InChI is InChI=1S/C21H21F3N2O/c22-17-3-1-2-14(8-17)11-26-12-15-6-7-25(20(9-15)21(26)27)13-16-4-5-18(23)10-19(16)24/h1-5,8,10,15,20H,6-7,9,11-13H2/t15-,20+/m0/s1. The molecule has 2 saturated heterocycles. The van der Waals surface area contributed by atoms with Crippen LogP contribution in [0.4, 0.5) is 13.2 Å². The van der Waals surface area contributed by atoms with Crippen LogP contribution in [-0.2, 0) is 17.9 Å². The van der Waals surface area contributed by atoms with Crippen LogP contribution in [0.1, 0.15) is 24.0 Å². The van der Waals surface area contributed by atoms with Crippen molar-refractivity contribution in [3.05, 3.63) is 71.0 Å². The molecule has 1 amide bonds. The lowest BCUT2D eigenvalue weighted by Crippen LogP contribution is -2.58. The Labute approximate surface area is 156 Å². The molecule has 0 radical (unpaired) electrons. The number of nitrogens with zero attached hydrogens (tertiary/aromatic N) is 2. The number of likely N-dealkylation sites (tertiary alicyclic amines) is 2. The van der Waals surface area contributed by atoms with Gasteiger partial charge in [0.1, 0.15) is 17.5 Å². The maximum absolute atomic E-state index is 14.0. The molecule has 6 heteroatoms. The number of halogens is 3. The van der Waals surface area contributed by atoms with Crippen molar-refractivity contribution in [2.24, 2.45) is 5.92 Å².